The highest BCUT2D eigenvalue weighted by Crippen LogP contribution is 2.42. The van der Waals surface area contributed by atoms with Gasteiger partial charge in [-0.1, -0.05) is 36.4 Å². The van der Waals surface area contributed by atoms with E-state index in [4.69, 9.17) is 4.74 Å². The number of fused-ring (bicyclic) bond motifs is 4. The molecule has 0 saturated carbocycles. The quantitative estimate of drug-likeness (QED) is 0.734. The fourth-order valence-corrected chi connectivity index (χ4v) is 5.11. The molecule has 2 aromatic rings. The fourth-order valence-electron chi connectivity index (χ4n) is 5.11. The Kier molecular flexibility index (Phi) is 4.73. The van der Waals surface area contributed by atoms with E-state index in [1.165, 1.54) is 12.1 Å². The van der Waals surface area contributed by atoms with Crippen molar-refractivity contribution in [2.45, 2.75) is 30.9 Å². The summed E-state index contributed by atoms with van der Waals surface area (Å²) in [6, 6.07) is 13.4. The van der Waals surface area contributed by atoms with Gasteiger partial charge in [0.25, 0.3) is 5.92 Å². The predicted molar refractivity (Wildman–Crippen MR) is 105 cm³/mol. The molecule has 0 radical (unpaired) electrons. The first-order valence-electron chi connectivity index (χ1n) is 10.3. The van der Waals surface area contributed by atoms with Crippen LogP contribution in [0, 0.1) is 11.7 Å². The van der Waals surface area contributed by atoms with E-state index in [0.717, 1.165) is 16.7 Å². The molecule has 4 atom stereocenters. The lowest BCUT2D eigenvalue weighted by atomic mass is 9.82. The summed E-state index contributed by atoms with van der Waals surface area (Å²) in [5.74, 6) is -4.13. The number of hydrogen-bond acceptors (Lipinski definition) is 3. The molecular weight excluding hydrogens is 393 g/mol. The number of carbonyl (C=O) groups excluding carboxylic acids is 1. The lowest BCUT2D eigenvalue weighted by Crippen LogP contribution is -2.62. The van der Waals surface area contributed by atoms with Crippen LogP contribution < -0.4 is 0 Å². The maximum Gasteiger partial charge on any atom is 0.410 e. The van der Waals surface area contributed by atoms with Crippen LogP contribution in [-0.2, 0) is 11.2 Å². The van der Waals surface area contributed by atoms with Gasteiger partial charge in [-0.25, -0.2) is 18.0 Å². The number of amides is 1. The summed E-state index contributed by atoms with van der Waals surface area (Å²) in [7, 11) is 0. The lowest BCUT2D eigenvalue weighted by molar-refractivity contribution is -0.189. The highest BCUT2D eigenvalue weighted by molar-refractivity contribution is 5.70. The number of alkyl halides is 2. The molecule has 0 aliphatic carbocycles. The monoisotopic (exact) mass is 416 g/mol. The Hall–Kier alpha value is -2.54. The van der Waals surface area contributed by atoms with E-state index in [9.17, 15) is 18.0 Å². The highest BCUT2D eigenvalue weighted by atomic mass is 19.3. The van der Waals surface area contributed by atoms with E-state index >= 15 is 0 Å². The van der Waals surface area contributed by atoms with E-state index in [1.54, 1.807) is 21.9 Å². The molecule has 0 N–H and O–H groups in total. The van der Waals surface area contributed by atoms with Crippen LogP contribution in [0.15, 0.2) is 48.5 Å². The van der Waals surface area contributed by atoms with Gasteiger partial charge in [-0.05, 0) is 48.2 Å². The molecule has 0 aromatic heterocycles. The number of piperidine rings is 3. The molecule has 4 heterocycles. The average molecular weight is 416 g/mol. The Morgan fingerprint density at radius 3 is 2.57 bits per heavy atom. The molecule has 4 aliphatic rings. The lowest BCUT2D eigenvalue weighted by Gasteiger charge is -2.49. The van der Waals surface area contributed by atoms with Gasteiger partial charge in [0.15, 0.2) is 0 Å². The first-order valence-corrected chi connectivity index (χ1v) is 10.3. The third-order valence-electron chi connectivity index (χ3n) is 6.58. The second kappa shape index (κ2) is 7.30. The SMILES string of the molecule is O=C(OC1CN2CCC1C(F)(F)C2)N1CCc2ccccc2[C@@H]1c1ccc(F)cc1. The number of carbonyl (C=O) groups is 1. The second-order valence-electron chi connectivity index (χ2n) is 8.41. The van der Waals surface area contributed by atoms with E-state index in [1.807, 2.05) is 24.3 Å². The average Bonchev–Trinajstić information content (AvgIpc) is 2.73. The third-order valence-corrected chi connectivity index (χ3v) is 6.58. The highest BCUT2D eigenvalue weighted by Gasteiger charge is 2.54. The summed E-state index contributed by atoms with van der Waals surface area (Å²) >= 11 is 0. The molecular formula is C23H23F3N2O2. The summed E-state index contributed by atoms with van der Waals surface area (Å²) in [6.45, 7) is 1.11. The van der Waals surface area contributed by atoms with Crippen molar-refractivity contribution in [1.82, 2.24) is 9.80 Å². The van der Waals surface area contributed by atoms with Crippen LogP contribution >= 0.6 is 0 Å². The summed E-state index contributed by atoms with van der Waals surface area (Å²) in [6.07, 6.45) is -0.427. The molecule has 30 heavy (non-hydrogen) atoms. The van der Waals surface area contributed by atoms with Gasteiger partial charge in [0.05, 0.1) is 18.5 Å². The Morgan fingerprint density at radius 1 is 1.07 bits per heavy atom. The molecule has 6 rings (SSSR count). The maximum atomic E-state index is 14.3. The standard InChI is InChI=1S/C23H23F3N2O2/c24-17-7-5-16(6-8-17)21-18-4-2-1-3-15(18)9-12-28(21)22(29)30-20-13-27-11-10-19(20)23(25,26)14-27/h1-8,19-21H,9-14H2/t19?,20?,21-/m0/s1. The van der Waals surface area contributed by atoms with Crippen LogP contribution in [-0.4, -0.2) is 54.1 Å². The minimum atomic E-state index is -2.84. The topological polar surface area (TPSA) is 32.8 Å². The van der Waals surface area contributed by atoms with Crippen LogP contribution in [0.5, 0.6) is 0 Å². The number of nitrogens with zero attached hydrogens (tertiary/aromatic N) is 2. The van der Waals surface area contributed by atoms with Gasteiger partial charge in [-0.3, -0.25) is 9.80 Å². The minimum Gasteiger partial charge on any atom is -0.444 e. The number of benzene rings is 2. The molecule has 3 fully saturated rings. The van der Waals surface area contributed by atoms with Crippen molar-refractivity contribution in [3.05, 3.63) is 71.0 Å². The number of halogens is 3. The molecule has 2 aromatic carbocycles. The molecule has 0 spiro atoms. The van der Waals surface area contributed by atoms with Gasteiger partial charge in [0.2, 0.25) is 0 Å². The van der Waals surface area contributed by atoms with E-state index < -0.39 is 30.1 Å². The summed E-state index contributed by atoms with van der Waals surface area (Å²) in [5, 5.41) is 0. The molecule has 7 heteroatoms. The summed E-state index contributed by atoms with van der Waals surface area (Å²) in [5.41, 5.74) is 2.83. The maximum absolute atomic E-state index is 14.3. The van der Waals surface area contributed by atoms with Gasteiger partial charge < -0.3 is 4.74 Å². The van der Waals surface area contributed by atoms with Gasteiger partial charge in [0.1, 0.15) is 11.9 Å². The van der Waals surface area contributed by atoms with Crippen molar-refractivity contribution in [1.29, 1.82) is 0 Å². The molecule has 158 valence electrons. The van der Waals surface area contributed by atoms with E-state index in [0.29, 0.717) is 32.5 Å². The van der Waals surface area contributed by atoms with Gasteiger partial charge in [0, 0.05) is 13.1 Å². The van der Waals surface area contributed by atoms with Crippen LogP contribution in [0.25, 0.3) is 0 Å². The second-order valence-corrected chi connectivity index (χ2v) is 8.41. The third kappa shape index (κ3) is 3.35. The number of ether oxygens (including phenoxy) is 1. The Balaban J connectivity index is 1.43. The van der Waals surface area contributed by atoms with Crippen molar-refractivity contribution in [2.75, 3.05) is 26.2 Å². The van der Waals surface area contributed by atoms with Crippen molar-refractivity contribution in [3.63, 3.8) is 0 Å². The zero-order chi connectivity index (χ0) is 20.9. The molecule has 1 amide bonds. The van der Waals surface area contributed by atoms with Gasteiger partial charge >= 0.3 is 6.09 Å². The minimum absolute atomic E-state index is 0.263. The van der Waals surface area contributed by atoms with Crippen molar-refractivity contribution >= 4 is 6.09 Å². The van der Waals surface area contributed by atoms with Gasteiger partial charge in [-0.2, -0.15) is 0 Å². The normalized spacial score (nSPS) is 29.4. The van der Waals surface area contributed by atoms with Crippen molar-refractivity contribution in [3.8, 4) is 0 Å². The predicted octanol–water partition coefficient (Wildman–Crippen LogP) is 4.25. The Bertz CT molecular complexity index is 950. The zero-order valence-electron chi connectivity index (χ0n) is 16.4. The molecule has 3 unspecified atom stereocenters. The van der Waals surface area contributed by atoms with Crippen LogP contribution in [0.4, 0.5) is 18.0 Å². The van der Waals surface area contributed by atoms with Crippen LogP contribution in [0.3, 0.4) is 0 Å². The van der Waals surface area contributed by atoms with Crippen molar-refractivity contribution in [2.24, 2.45) is 5.92 Å². The summed E-state index contributed by atoms with van der Waals surface area (Å²) < 4.78 is 47.8. The fraction of sp³-hybridized carbons (Fsp3) is 0.435. The molecule has 3 saturated heterocycles. The smallest absolute Gasteiger partial charge is 0.410 e. The zero-order valence-corrected chi connectivity index (χ0v) is 16.4. The first kappa shape index (κ1) is 19.4. The largest absolute Gasteiger partial charge is 0.444 e. The van der Waals surface area contributed by atoms with Crippen LogP contribution in [0.1, 0.15) is 29.2 Å². The first-order chi connectivity index (χ1) is 14.4. The van der Waals surface area contributed by atoms with E-state index in [-0.39, 0.29) is 12.4 Å². The molecule has 4 aliphatic heterocycles. The number of rotatable bonds is 2. The van der Waals surface area contributed by atoms with Crippen LogP contribution in [0.2, 0.25) is 0 Å². The Labute approximate surface area is 173 Å². The summed E-state index contributed by atoms with van der Waals surface area (Å²) in [4.78, 5) is 16.4. The van der Waals surface area contributed by atoms with Crippen molar-refractivity contribution < 1.29 is 22.7 Å². The molecule has 4 nitrogen and oxygen atoms in total. The van der Waals surface area contributed by atoms with E-state index in [2.05, 4.69) is 0 Å². The molecule has 2 bridgehead atoms. The Morgan fingerprint density at radius 2 is 1.83 bits per heavy atom. The van der Waals surface area contributed by atoms with Gasteiger partial charge in [-0.15, -0.1) is 0 Å². The number of hydrogen-bond donors (Lipinski definition) is 0.